The molecule has 24 heavy (non-hydrogen) atoms. The van der Waals surface area contributed by atoms with E-state index >= 15 is 0 Å². The number of nitrogens with two attached hydrogens (primary N) is 1. The summed E-state index contributed by atoms with van der Waals surface area (Å²) in [5, 5.41) is 7.79. The molecule has 7 nitrogen and oxygen atoms in total. The number of nitrogens with one attached hydrogen (secondary N) is 3. The Morgan fingerprint density at radius 1 is 1.08 bits per heavy atom. The molecule has 132 valence electrons. The highest BCUT2D eigenvalue weighted by Crippen LogP contribution is 2.14. The second kappa shape index (κ2) is 9.27. The van der Waals surface area contributed by atoms with Gasteiger partial charge >= 0.3 is 6.03 Å². The third-order valence-electron chi connectivity index (χ3n) is 3.22. The van der Waals surface area contributed by atoms with Crippen LogP contribution in [-0.4, -0.2) is 29.9 Å². The molecule has 5 N–H and O–H groups in total. The molecule has 0 aliphatic heterocycles. The number of urea groups is 1. The average Bonchev–Trinajstić information content (AvgIpc) is 2.48. The molecule has 4 amide bonds. The maximum absolute atomic E-state index is 12.3. The second-order valence-corrected chi connectivity index (χ2v) is 6.84. The predicted molar refractivity (Wildman–Crippen MR) is 96.3 cm³/mol. The molecule has 0 bridgehead atoms. The Morgan fingerprint density at radius 3 is 2.17 bits per heavy atom. The first-order valence-corrected chi connectivity index (χ1v) is 8.41. The van der Waals surface area contributed by atoms with E-state index in [1.165, 1.54) is 6.92 Å². The van der Waals surface area contributed by atoms with E-state index in [9.17, 15) is 14.4 Å². The van der Waals surface area contributed by atoms with Crippen LogP contribution in [0.1, 0.15) is 27.2 Å². The van der Waals surface area contributed by atoms with E-state index in [2.05, 4.69) is 31.9 Å². The molecule has 1 unspecified atom stereocenters. The van der Waals surface area contributed by atoms with Crippen LogP contribution in [0, 0.1) is 5.92 Å². The largest absolute Gasteiger partial charge is 0.368 e. The summed E-state index contributed by atoms with van der Waals surface area (Å²) in [4.78, 5) is 35.4. The van der Waals surface area contributed by atoms with Gasteiger partial charge < -0.3 is 21.7 Å². The Labute approximate surface area is 149 Å². The number of hydrogen-bond acceptors (Lipinski definition) is 3. The van der Waals surface area contributed by atoms with Gasteiger partial charge in [-0.15, -0.1) is 0 Å². The molecule has 0 saturated carbocycles. The van der Waals surface area contributed by atoms with Crippen molar-refractivity contribution in [3.8, 4) is 0 Å². The quantitative estimate of drug-likeness (QED) is 0.562. The lowest BCUT2D eigenvalue weighted by molar-refractivity contribution is -0.128. The summed E-state index contributed by atoms with van der Waals surface area (Å²) >= 11 is 3.31. The van der Waals surface area contributed by atoms with Crippen molar-refractivity contribution in [3.63, 3.8) is 0 Å². The molecular formula is C16H23BrN4O3. The fourth-order valence-electron chi connectivity index (χ4n) is 1.95. The van der Waals surface area contributed by atoms with Crippen molar-refractivity contribution in [2.45, 2.75) is 39.3 Å². The Morgan fingerprint density at radius 2 is 1.67 bits per heavy atom. The molecule has 0 aliphatic rings. The van der Waals surface area contributed by atoms with Gasteiger partial charge in [-0.1, -0.05) is 29.8 Å². The highest BCUT2D eigenvalue weighted by molar-refractivity contribution is 9.10. The van der Waals surface area contributed by atoms with E-state index in [4.69, 9.17) is 5.73 Å². The molecule has 0 radical (unpaired) electrons. The number of hydrogen-bond donors (Lipinski definition) is 4. The number of benzene rings is 1. The first-order valence-electron chi connectivity index (χ1n) is 7.61. The zero-order chi connectivity index (χ0) is 18.3. The number of amides is 4. The molecule has 2 atom stereocenters. The molecule has 0 fully saturated rings. The van der Waals surface area contributed by atoms with E-state index in [0.717, 1.165) is 4.47 Å². The van der Waals surface area contributed by atoms with Crippen LogP contribution in [-0.2, 0) is 9.59 Å². The number of primary amides is 1. The van der Waals surface area contributed by atoms with E-state index in [0.29, 0.717) is 12.1 Å². The summed E-state index contributed by atoms with van der Waals surface area (Å²) in [6.07, 6.45) is 0.436. The highest BCUT2D eigenvalue weighted by Gasteiger charge is 2.24. The minimum absolute atomic E-state index is 0.178. The summed E-state index contributed by atoms with van der Waals surface area (Å²) in [7, 11) is 0. The number of anilines is 1. The molecule has 0 aliphatic carbocycles. The van der Waals surface area contributed by atoms with Crippen LogP contribution in [0.5, 0.6) is 0 Å². The molecule has 0 spiro atoms. The van der Waals surface area contributed by atoms with E-state index in [-0.39, 0.29) is 5.92 Å². The number of halogens is 1. The van der Waals surface area contributed by atoms with Gasteiger partial charge in [0.25, 0.3) is 0 Å². The predicted octanol–water partition coefficient (Wildman–Crippen LogP) is 1.98. The summed E-state index contributed by atoms with van der Waals surface area (Å²) in [6, 6.07) is 4.99. The lowest BCUT2D eigenvalue weighted by Crippen LogP contribution is -2.53. The van der Waals surface area contributed by atoms with Gasteiger partial charge in [-0.2, -0.15) is 0 Å². The summed E-state index contributed by atoms with van der Waals surface area (Å²) in [5.74, 6) is -0.899. The summed E-state index contributed by atoms with van der Waals surface area (Å²) in [6.45, 7) is 5.37. The van der Waals surface area contributed by atoms with Gasteiger partial charge in [0.1, 0.15) is 12.1 Å². The topological polar surface area (TPSA) is 113 Å². The monoisotopic (exact) mass is 398 g/mol. The molecule has 0 saturated heterocycles. The zero-order valence-electron chi connectivity index (χ0n) is 13.9. The van der Waals surface area contributed by atoms with E-state index < -0.39 is 29.9 Å². The smallest absolute Gasteiger partial charge is 0.319 e. The van der Waals surface area contributed by atoms with Crippen LogP contribution in [0.15, 0.2) is 28.7 Å². The van der Waals surface area contributed by atoms with Crippen LogP contribution in [0.25, 0.3) is 0 Å². The van der Waals surface area contributed by atoms with Crippen molar-refractivity contribution in [1.82, 2.24) is 10.6 Å². The third kappa shape index (κ3) is 6.99. The van der Waals surface area contributed by atoms with E-state index in [1.54, 1.807) is 24.3 Å². The molecular weight excluding hydrogens is 376 g/mol. The molecule has 1 aromatic rings. The Bertz CT molecular complexity index is 589. The first kappa shape index (κ1) is 20.0. The van der Waals surface area contributed by atoms with Gasteiger partial charge in [-0.3, -0.25) is 9.59 Å². The fraction of sp³-hybridized carbons (Fsp3) is 0.438. The molecule has 0 heterocycles. The van der Waals surface area contributed by atoms with E-state index in [1.807, 2.05) is 13.8 Å². The Hall–Kier alpha value is -2.09. The molecule has 0 aromatic heterocycles. The first-order chi connectivity index (χ1) is 11.2. The Kier molecular flexibility index (Phi) is 7.70. The second-order valence-electron chi connectivity index (χ2n) is 5.92. The normalized spacial score (nSPS) is 13.0. The minimum atomic E-state index is -0.802. The summed E-state index contributed by atoms with van der Waals surface area (Å²) < 4.78 is 0.894. The van der Waals surface area contributed by atoms with Crippen molar-refractivity contribution in [2.24, 2.45) is 11.7 Å². The maximum Gasteiger partial charge on any atom is 0.319 e. The van der Waals surface area contributed by atoms with Gasteiger partial charge in [0.15, 0.2) is 0 Å². The SMILES string of the molecule is CC(C)CC(NC(=O)Nc1ccc(Br)cc1)C(=O)N[C@@H](C)C(N)=O. The maximum atomic E-state index is 12.3. The van der Waals surface area contributed by atoms with Crippen LogP contribution in [0.4, 0.5) is 10.5 Å². The van der Waals surface area contributed by atoms with Gasteiger partial charge in [0.05, 0.1) is 0 Å². The molecule has 1 rings (SSSR count). The van der Waals surface area contributed by atoms with Gasteiger partial charge in [-0.25, -0.2) is 4.79 Å². The highest BCUT2D eigenvalue weighted by atomic mass is 79.9. The van der Waals surface area contributed by atoms with Gasteiger partial charge in [0, 0.05) is 10.2 Å². The van der Waals surface area contributed by atoms with Crippen molar-refractivity contribution >= 4 is 39.5 Å². The average molecular weight is 399 g/mol. The van der Waals surface area contributed by atoms with Crippen molar-refractivity contribution in [2.75, 3.05) is 5.32 Å². The van der Waals surface area contributed by atoms with Crippen LogP contribution in [0.3, 0.4) is 0 Å². The number of carbonyl (C=O) groups is 3. The third-order valence-corrected chi connectivity index (χ3v) is 3.75. The molecule has 1 aromatic carbocycles. The van der Waals surface area contributed by atoms with Crippen molar-refractivity contribution in [3.05, 3.63) is 28.7 Å². The van der Waals surface area contributed by atoms with Crippen LogP contribution in [0.2, 0.25) is 0 Å². The molecule has 8 heteroatoms. The van der Waals surface area contributed by atoms with Gasteiger partial charge in [0.2, 0.25) is 11.8 Å². The lowest BCUT2D eigenvalue weighted by Gasteiger charge is -2.22. The minimum Gasteiger partial charge on any atom is -0.368 e. The fourth-order valence-corrected chi connectivity index (χ4v) is 2.21. The lowest BCUT2D eigenvalue weighted by atomic mass is 10.0. The van der Waals surface area contributed by atoms with Crippen molar-refractivity contribution < 1.29 is 14.4 Å². The summed E-state index contributed by atoms with van der Waals surface area (Å²) in [5.41, 5.74) is 5.75. The number of carbonyl (C=O) groups excluding carboxylic acids is 3. The van der Waals surface area contributed by atoms with Crippen LogP contribution < -0.4 is 21.7 Å². The van der Waals surface area contributed by atoms with Crippen molar-refractivity contribution in [1.29, 1.82) is 0 Å². The van der Waals surface area contributed by atoms with Crippen LogP contribution >= 0.6 is 15.9 Å². The zero-order valence-corrected chi connectivity index (χ0v) is 15.5. The Balaban J connectivity index is 2.70. The number of rotatable bonds is 7. The standard InChI is InChI=1S/C16H23BrN4O3/c1-9(2)8-13(15(23)19-10(3)14(18)22)21-16(24)20-12-6-4-11(17)5-7-12/h4-7,9-10,13H,8H2,1-3H3,(H2,18,22)(H,19,23)(H2,20,21,24)/t10-,13?/m0/s1. The van der Waals surface area contributed by atoms with Gasteiger partial charge in [-0.05, 0) is 43.5 Å².